The van der Waals surface area contributed by atoms with Gasteiger partial charge in [-0.15, -0.1) is 11.6 Å². The van der Waals surface area contributed by atoms with Gasteiger partial charge in [-0.3, -0.25) is 0 Å². The normalized spacial score (nSPS) is 11.0. The van der Waals surface area contributed by atoms with Crippen LogP contribution < -0.4 is 0 Å². The highest BCUT2D eigenvalue weighted by molar-refractivity contribution is 7.08. The van der Waals surface area contributed by atoms with Gasteiger partial charge in [-0.25, -0.2) is 0 Å². The number of hydrogen-bond acceptors (Lipinski definition) is 1. The van der Waals surface area contributed by atoms with Gasteiger partial charge in [-0.05, 0) is 39.6 Å². The third-order valence-electron chi connectivity index (χ3n) is 2.14. The first-order valence-corrected chi connectivity index (χ1v) is 6.23. The lowest BCUT2D eigenvalue weighted by atomic mass is 10.1. The number of hydrogen-bond donors (Lipinski definition) is 0. The van der Waals surface area contributed by atoms with Gasteiger partial charge in [0.1, 0.15) is 0 Å². The van der Waals surface area contributed by atoms with Gasteiger partial charge in [-0.2, -0.15) is 11.3 Å². The Balaban J connectivity index is 2.31. The van der Waals surface area contributed by atoms with Crippen molar-refractivity contribution in [3.05, 3.63) is 52.7 Å². The summed E-state index contributed by atoms with van der Waals surface area (Å²) in [7, 11) is 0. The lowest BCUT2D eigenvalue weighted by Crippen LogP contribution is -1.76. The van der Waals surface area contributed by atoms with Crippen LogP contribution in [-0.2, 0) is 0 Å². The zero-order valence-corrected chi connectivity index (χ0v) is 9.76. The highest BCUT2D eigenvalue weighted by atomic mass is 35.5. The van der Waals surface area contributed by atoms with Crippen molar-refractivity contribution in [2.24, 2.45) is 0 Å². The van der Waals surface area contributed by atoms with Crippen molar-refractivity contribution in [3.63, 3.8) is 0 Å². The van der Waals surface area contributed by atoms with E-state index in [9.17, 15) is 0 Å². The van der Waals surface area contributed by atoms with Gasteiger partial charge in [0.2, 0.25) is 0 Å². The Labute approximate surface area is 98.8 Å². The average molecular weight is 235 g/mol. The molecule has 0 radical (unpaired) electrons. The van der Waals surface area contributed by atoms with Gasteiger partial charge in [0.25, 0.3) is 0 Å². The van der Waals surface area contributed by atoms with E-state index in [2.05, 4.69) is 41.1 Å². The molecule has 15 heavy (non-hydrogen) atoms. The van der Waals surface area contributed by atoms with E-state index in [-0.39, 0.29) is 0 Å². The molecule has 2 aromatic rings. The summed E-state index contributed by atoms with van der Waals surface area (Å²) < 4.78 is 0. The second-order valence-electron chi connectivity index (χ2n) is 3.19. The maximum absolute atomic E-state index is 5.61. The Bertz CT molecular complexity index is 443. The molecule has 0 aliphatic carbocycles. The molecule has 0 saturated carbocycles. The molecule has 0 spiro atoms. The molecule has 0 N–H and O–H groups in total. The molecule has 1 heterocycles. The smallest absolute Gasteiger partial charge is 0.0407 e. The van der Waals surface area contributed by atoms with Gasteiger partial charge < -0.3 is 0 Å². The maximum Gasteiger partial charge on any atom is 0.0407 e. The van der Waals surface area contributed by atoms with E-state index in [4.69, 9.17) is 11.6 Å². The zero-order valence-electron chi connectivity index (χ0n) is 8.19. The Morgan fingerprint density at radius 1 is 1.20 bits per heavy atom. The monoisotopic (exact) mass is 234 g/mol. The predicted octanol–water partition coefficient (Wildman–Crippen LogP) is 4.67. The van der Waals surface area contributed by atoms with Crippen molar-refractivity contribution >= 4 is 29.0 Å². The van der Waals surface area contributed by atoms with Crippen molar-refractivity contribution in [1.29, 1.82) is 0 Å². The average Bonchev–Trinajstić information content (AvgIpc) is 2.80. The van der Waals surface area contributed by atoms with Crippen molar-refractivity contribution in [2.75, 3.05) is 5.88 Å². The standard InChI is InChI=1S/C13H11ClS/c14-7-2-4-11-3-1-5-12(9-11)13-6-8-15-10-13/h1-6,8-10H,7H2/b4-2+. The fraction of sp³-hybridized carbons (Fsp3) is 0.0769. The molecular weight excluding hydrogens is 224 g/mol. The van der Waals surface area contributed by atoms with Crippen LogP contribution in [0, 0.1) is 0 Å². The Morgan fingerprint density at radius 3 is 2.87 bits per heavy atom. The predicted molar refractivity (Wildman–Crippen MR) is 69.5 cm³/mol. The number of halogens is 1. The van der Waals surface area contributed by atoms with Crippen molar-refractivity contribution in [2.45, 2.75) is 0 Å². The molecule has 2 heteroatoms. The summed E-state index contributed by atoms with van der Waals surface area (Å²) in [5, 5.41) is 4.25. The van der Waals surface area contributed by atoms with Gasteiger partial charge in [-0.1, -0.05) is 30.4 Å². The summed E-state index contributed by atoms with van der Waals surface area (Å²) in [5.41, 5.74) is 3.73. The van der Waals surface area contributed by atoms with Crippen LogP contribution in [0.15, 0.2) is 47.2 Å². The highest BCUT2D eigenvalue weighted by Gasteiger charge is 1.97. The molecule has 0 nitrogen and oxygen atoms in total. The summed E-state index contributed by atoms with van der Waals surface area (Å²) in [6.45, 7) is 0. The third kappa shape index (κ3) is 2.71. The van der Waals surface area contributed by atoms with Crippen LogP contribution in [0.5, 0.6) is 0 Å². The van der Waals surface area contributed by atoms with Crippen LogP contribution in [0.4, 0.5) is 0 Å². The van der Waals surface area contributed by atoms with Crippen LogP contribution in [0.2, 0.25) is 0 Å². The summed E-state index contributed by atoms with van der Waals surface area (Å²) in [6.07, 6.45) is 4.00. The van der Waals surface area contributed by atoms with Gasteiger partial charge in [0, 0.05) is 5.88 Å². The molecule has 2 rings (SSSR count). The SMILES string of the molecule is ClC/C=C/c1cccc(-c2ccsc2)c1. The van der Waals surface area contributed by atoms with Crippen LogP contribution in [0.3, 0.4) is 0 Å². The Kier molecular flexibility index (Phi) is 3.59. The Morgan fingerprint density at radius 2 is 2.13 bits per heavy atom. The van der Waals surface area contributed by atoms with E-state index in [1.165, 1.54) is 16.7 Å². The minimum Gasteiger partial charge on any atom is -0.152 e. The summed E-state index contributed by atoms with van der Waals surface area (Å²) in [4.78, 5) is 0. The topological polar surface area (TPSA) is 0 Å². The first kappa shape index (κ1) is 10.5. The fourth-order valence-corrected chi connectivity index (χ4v) is 2.19. The molecule has 0 amide bonds. The number of benzene rings is 1. The molecule has 0 fully saturated rings. The molecule has 0 aliphatic rings. The van der Waals surface area contributed by atoms with Crippen molar-refractivity contribution in [1.82, 2.24) is 0 Å². The molecule has 0 atom stereocenters. The second kappa shape index (κ2) is 5.15. The van der Waals surface area contributed by atoms with Crippen LogP contribution >= 0.6 is 22.9 Å². The van der Waals surface area contributed by atoms with E-state index in [1.807, 2.05) is 12.2 Å². The third-order valence-corrected chi connectivity index (χ3v) is 3.00. The summed E-state index contributed by atoms with van der Waals surface area (Å²) >= 11 is 7.32. The lowest BCUT2D eigenvalue weighted by molar-refractivity contribution is 1.62. The summed E-state index contributed by atoms with van der Waals surface area (Å²) in [6, 6.07) is 10.6. The van der Waals surface area contributed by atoms with Crippen molar-refractivity contribution < 1.29 is 0 Å². The zero-order chi connectivity index (χ0) is 10.5. The fourth-order valence-electron chi connectivity index (χ4n) is 1.43. The molecule has 0 saturated heterocycles. The molecular formula is C13H11ClS. The van der Waals surface area contributed by atoms with Gasteiger partial charge >= 0.3 is 0 Å². The van der Waals surface area contributed by atoms with Crippen LogP contribution in [0.1, 0.15) is 5.56 Å². The first-order chi connectivity index (χ1) is 7.40. The molecule has 1 aromatic carbocycles. The van der Waals surface area contributed by atoms with E-state index >= 15 is 0 Å². The van der Waals surface area contributed by atoms with Crippen LogP contribution in [-0.4, -0.2) is 5.88 Å². The molecule has 0 bridgehead atoms. The minimum atomic E-state index is 0.558. The number of alkyl halides is 1. The van der Waals surface area contributed by atoms with E-state index in [0.29, 0.717) is 5.88 Å². The van der Waals surface area contributed by atoms with E-state index < -0.39 is 0 Å². The minimum absolute atomic E-state index is 0.558. The second-order valence-corrected chi connectivity index (χ2v) is 4.28. The van der Waals surface area contributed by atoms with Gasteiger partial charge in [0.05, 0.1) is 0 Å². The first-order valence-electron chi connectivity index (χ1n) is 4.75. The quantitative estimate of drug-likeness (QED) is 0.678. The molecule has 0 aliphatic heterocycles. The van der Waals surface area contributed by atoms with E-state index in [0.717, 1.165) is 0 Å². The van der Waals surface area contributed by atoms with E-state index in [1.54, 1.807) is 11.3 Å². The largest absolute Gasteiger partial charge is 0.152 e. The number of rotatable bonds is 3. The maximum atomic E-state index is 5.61. The summed E-state index contributed by atoms with van der Waals surface area (Å²) in [5.74, 6) is 0.558. The molecule has 0 unspecified atom stereocenters. The Hall–Kier alpha value is -1.05. The number of allylic oxidation sites excluding steroid dienone is 1. The van der Waals surface area contributed by atoms with Crippen LogP contribution in [0.25, 0.3) is 17.2 Å². The number of thiophene rings is 1. The van der Waals surface area contributed by atoms with Gasteiger partial charge in [0.15, 0.2) is 0 Å². The lowest BCUT2D eigenvalue weighted by Gasteiger charge is -1.99. The molecule has 76 valence electrons. The highest BCUT2D eigenvalue weighted by Crippen LogP contribution is 2.23. The molecule has 1 aromatic heterocycles. The van der Waals surface area contributed by atoms with Crippen molar-refractivity contribution in [3.8, 4) is 11.1 Å².